The highest BCUT2D eigenvalue weighted by molar-refractivity contribution is 6.09. The summed E-state index contributed by atoms with van der Waals surface area (Å²) in [4.78, 5) is 12.4. The first-order chi connectivity index (χ1) is 14.2. The van der Waals surface area contributed by atoms with Gasteiger partial charge in [-0.3, -0.25) is 4.79 Å². The van der Waals surface area contributed by atoms with Crippen LogP contribution in [-0.4, -0.2) is 13.0 Å². The van der Waals surface area contributed by atoms with Crippen molar-refractivity contribution in [1.82, 2.24) is 0 Å². The predicted octanol–water partition coefficient (Wildman–Crippen LogP) is 4.82. The SMILES string of the molecule is COc1ccc(/C=C(\C#N)C(=O)Nc2ccc(OCc3ccccc3)cc2)cc1. The molecule has 0 saturated carbocycles. The average Bonchev–Trinajstić information content (AvgIpc) is 2.78. The molecule has 0 fully saturated rings. The number of amides is 1. The van der Waals surface area contributed by atoms with Gasteiger partial charge in [-0.2, -0.15) is 5.26 Å². The first-order valence-electron chi connectivity index (χ1n) is 9.02. The summed E-state index contributed by atoms with van der Waals surface area (Å²) in [6.45, 7) is 0.468. The fourth-order valence-corrected chi connectivity index (χ4v) is 2.59. The molecule has 0 heterocycles. The highest BCUT2D eigenvalue weighted by Gasteiger charge is 2.10. The highest BCUT2D eigenvalue weighted by Crippen LogP contribution is 2.19. The summed E-state index contributed by atoms with van der Waals surface area (Å²) in [7, 11) is 1.58. The van der Waals surface area contributed by atoms with Crippen LogP contribution in [0.5, 0.6) is 11.5 Å². The van der Waals surface area contributed by atoms with E-state index in [0.29, 0.717) is 23.8 Å². The monoisotopic (exact) mass is 384 g/mol. The number of nitrogens with zero attached hydrogens (tertiary/aromatic N) is 1. The van der Waals surface area contributed by atoms with Gasteiger partial charge in [-0.1, -0.05) is 42.5 Å². The quantitative estimate of drug-likeness (QED) is 0.468. The Hall–Kier alpha value is -4.04. The van der Waals surface area contributed by atoms with Crippen LogP contribution in [0.25, 0.3) is 6.08 Å². The number of carbonyl (C=O) groups excluding carboxylic acids is 1. The number of hydrogen-bond donors (Lipinski definition) is 1. The van der Waals surface area contributed by atoms with Gasteiger partial charge in [-0.25, -0.2) is 0 Å². The van der Waals surface area contributed by atoms with Crippen molar-refractivity contribution < 1.29 is 14.3 Å². The van der Waals surface area contributed by atoms with E-state index in [9.17, 15) is 10.1 Å². The number of ether oxygens (including phenoxy) is 2. The Morgan fingerprint density at radius 1 is 0.966 bits per heavy atom. The molecule has 0 bridgehead atoms. The molecule has 0 atom stereocenters. The number of methoxy groups -OCH3 is 1. The van der Waals surface area contributed by atoms with Crippen molar-refractivity contribution in [3.8, 4) is 17.6 Å². The van der Waals surface area contributed by atoms with Crippen LogP contribution in [0.15, 0.2) is 84.4 Å². The van der Waals surface area contributed by atoms with E-state index in [-0.39, 0.29) is 5.57 Å². The van der Waals surface area contributed by atoms with Crippen molar-refractivity contribution in [3.05, 3.63) is 95.6 Å². The molecule has 0 aliphatic carbocycles. The number of nitriles is 1. The lowest BCUT2D eigenvalue weighted by Gasteiger charge is -2.08. The minimum Gasteiger partial charge on any atom is -0.497 e. The Morgan fingerprint density at radius 3 is 2.24 bits per heavy atom. The summed E-state index contributed by atoms with van der Waals surface area (Å²) in [5, 5.41) is 12.1. The fraction of sp³-hybridized carbons (Fsp3) is 0.0833. The molecular formula is C24H20N2O3. The van der Waals surface area contributed by atoms with Crippen molar-refractivity contribution in [2.75, 3.05) is 12.4 Å². The molecule has 1 amide bonds. The highest BCUT2D eigenvalue weighted by atomic mass is 16.5. The second-order valence-corrected chi connectivity index (χ2v) is 6.20. The zero-order valence-electron chi connectivity index (χ0n) is 16.0. The van der Waals surface area contributed by atoms with Gasteiger partial charge in [0.15, 0.2) is 0 Å². The van der Waals surface area contributed by atoms with Gasteiger partial charge >= 0.3 is 0 Å². The largest absolute Gasteiger partial charge is 0.497 e. The zero-order chi connectivity index (χ0) is 20.5. The Balaban J connectivity index is 1.61. The van der Waals surface area contributed by atoms with Crippen molar-refractivity contribution in [3.63, 3.8) is 0 Å². The van der Waals surface area contributed by atoms with Crippen molar-refractivity contribution in [2.24, 2.45) is 0 Å². The van der Waals surface area contributed by atoms with Gasteiger partial charge < -0.3 is 14.8 Å². The van der Waals surface area contributed by atoms with Gasteiger partial charge in [0, 0.05) is 5.69 Å². The molecule has 0 radical (unpaired) electrons. The fourth-order valence-electron chi connectivity index (χ4n) is 2.59. The maximum atomic E-state index is 12.4. The van der Waals surface area contributed by atoms with Gasteiger partial charge in [0.05, 0.1) is 7.11 Å². The molecule has 0 unspecified atom stereocenters. The van der Waals surface area contributed by atoms with Crippen LogP contribution in [0.1, 0.15) is 11.1 Å². The van der Waals surface area contributed by atoms with Crippen LogP contribution in [-0.2, 0) is 11.4 Å². The predicted molar refractivity (Wildman–Crippen MR) is 112 cm³/mol. The van der Waals surface area contributed by atoms with E-state index in [2.05, 4.69) is 5.32 Å². The molecule has 5 heteroatoms. The normalized spacial score (nSPS) is 10.7. The molecule has 5 nitrogen and oxygen atoms in total. The van der Waals surface area contributed by atoms with Gasteiger partial charge in [0.25, 0.3) is 5.91 Å². The van der Waals surface area contributed by atoms with Crippen LogP contribution < -0.4 is 14.8 Å². The van der Waals surface area contributed by atoms with Gasteiger partial charge in [-0.15, -0.1) is 0 Å². The third kappa shape index (κ3) is 5.72. The van der Waals surface area contributed by atoms with Crippen LogP contribution in [0.3, 0.4) is 0 Å². The first kappa shape index (κ1) is 19.7. The third-order valence-corrected chi connectivity index (χ3v) is 4.15. The molecule has 0 saturated heterocycles. The lowest BCUT2D eigenvalue weighted by Crippen LogP contribution is -2.13. The van der Waals surface area contributed by atoms with E-state index in [1.54, 1.807) is 55.6 Å². The van der Waals surface area contributed by atoms with Crippen LogP contribution in [0.4, 0.5) is 5.69 Å². The number of carbonyl (C=O) groups is 1. The second kappa shape index (κ2) is 9.77. The summed E-state index contributed by atoms with van der Waals surface area (Å²) in [5.41, 5.74) is 2.41. The number of anilines is 1. The van der Waals surface area contributed by atoms with Gasteiger partial charge in [0.1, 0.15) is 29.7 Å². The molecule has 29 heavy (non-hydrogen) atoms. The molecule has 3 rings (SSSR count). The van der Waals surface area contributed by atoms with Crippen LogP contribution in [0.2, 0.25) is 0 Å². The van der Waals surface area contributed by atoms with Crippen LogP contribution in [0, 0.1) is 11.3 Å². The molecule has 0 aliphatic rings. The smallest absolute Gasteiger partial charge is 0.266 e. The van der Waals surface area contributed by atoms with E-state index in [0.717, 1.165) is 11.1 Å². The standard InChI is InChI=1S/C24H20N2O3/c1-28-22-11-7-18(8-12-22)15-20(16-25)24(27)26-21-9-13-23(14-10-21)29-17-19-5-3-2-4-6-19/h2-15H,17H2,1H3,(H,26,27)/b20-15+. The van der Waals surface area contributed by atoms with E-state index >= 15 is 0 Å². The second-order valence-electron chi connectivity index (χ2n) is 6.20. The van der Waals surface area contributed by atoms with Crippen molar-refractivity contribution in [2.45, 2.75) is 6.61 Å². The van der Waals surface area contributed by atoms with Crippen molar-refractivity contribution >= 4 is 17.7 Å². The molecule has 3 aromatic rings. The summed E-state index contributed by atoms with van der Waals surface area (Å²) >= 11 is 0. The molecule has 1 N–H and O–H groups in total. The van der Waals surface area contributed by atoms with Gasteiger partial charge in [-0.05, 0) is 53.6 Å². The maximum Gasteiger partial charge on any atom is 0.266 e. The Morgan fingerprint density at radius 2 is 1.62 bits per heavy atom. The van der Waals surface area contributed by atoms with Crippen molar-refractivity contribution in [1.29, 1.82) is 5.26 Å². The van der Waals surface area contributed by atoms with Gasteiger partial charge in [0.2, 0.25) is 0 Å². The number of hydrogen-bond acceptors (Lipinski definition) is 4. The topological polar surface area (TPSA) is 71.3 Å². The van der Waals surface area contributed by atoms with E-state index in [1.807, 2.05) is 36.4 Å². The number of nitrogens with one attached hydrogen (secondary N) is 1. The van der Waals surface area contributed by atoms with E-state index in [1.165, 1.54) is 6.08 Å². The summed E-state index contributed by atoms with van der Waals surface area (Å²) in [5.74, 6) is 0.932. The average molecular weight is 384 g/mol. The zero-order valence-corrected chi connectivity index (χ0v) is 16.0. The summed E-state index contributed by atoms with van der Waals surface area (Å²) in [6, 6.07) is 25.9. The Kier molecular flexibility index (Phi) is 6.64. The molecule has 0 aromatic heterocycles. The first-order valence-corrected chi connectivity index (χ1v) is 9.02. The minimum absolute atomic E-state index is 0.0135. The third-order valence-electron chi connectivity index (χ3n) is 4.15. The lowest BCUT2D eigenvalue weighted by molar-refractivity contribution is -0.112. The Bertz CT molecular complexity index is 1020. The van der Waals surface area contributed by atoms with Crippen LogP contribution >= 0.6 is 0 Å². The number of rotatable bonds is 7. The maximum absolute atomic E-state index is 12.4. The molecule has 0 aliphatic heterocycles. The van der Waals surface area contributed by atoms with E-state index in [4.69, 9.17) is 9.47 Å². The molecular weight excluding hydrogens is 364 g/mol. The lowest BCUT2D eigenvalue weighted by atomic mass is 10.1. The molecule has 0 spiro atoms. The summed E-state index contributed by atoms with van der Waals surface area (Å²) < 4.78 is 10.8. The minimum atomic E-state index is -0.471. The molecule has 144 valence electrons. The Labute approximate surface area is 169 Å². The number of benzene rings is 3. The van der Waals surface area contributed by atoms with E-state index < -0.39 is 5.91 Å². The summed E-state index contributed by atoms with van der Waals surface area (Å²) in [6.07, 6.45) is 1.53. The molecule has 3 aromatic carbocycles.